The molecule has 0 aliphatic carbocycles. The summed E-state index contributed by atoms with van der Waals surface area (Å²) in [6.45, 7) is 6.40. The Morgan fingerprint density at radius 3 is 2.74 bits per heavy atom. The number of benzene rings is 1. The molecule has 0 radical (unpaired) electrons. The Balaban J connectivity index is 2.00. The van der Waals surface area contributed by atoms with Gasteiger partial charge in [-0.1, -0.05) is 0 Å². The Morgan fingerprint density at radius 2 is 2.05 bits per heavy atom. The van der Waals surface area contributed by atoms with Gasteiger partial charge >= 0.3 is 0 Å². The molecule has 19 heavy (non-hydrogen) atoms. The van der Waals surface area contributed by atoms with Gasteiger partial charge in [-0.25, -0.2) is 0 Å². The van der Waals surface area contributed by atoms with Crippen LogP contribution in [0.25, 0.3) is 0 Å². The molecule has 0 unspecified atom stereocenters. The van der Waals surface area contributed by atoms with Gasteiger partial charge in [-0.3, -0.25) is 5.01 Å². The van der Waals surface area contributed by atoms with Crippen LogP contribution < -0.4 is 4.74 Å². The minimum Gasteiger partial charge on any atom is -0.504 e. The van der Waals surface area contributed by atoms with Gasteiger partial charge in [0.15, 0.2) is 11.5 Å². The lowest BCUT2D eigenvalue weighted by atomic mass is 10.2. The number of aromatic hydroxyl groups is 1. The Labute approximate surface area is 114 Å². The Morgan fingerprint density at radius 1 is 1.32 bits per heavy atom. The van der Waals surface area contributed by atoms with Gasteiger partial charge in [-0.15, -0.1) is 0 Å². The Bertz CT molecular complexity index is 440. The van der Waals surface area contributed by atoms with Crippen LogP contribution in [0, 0.1) is 0 Å². The van der Waals surface area contributed by atoms with Crippen LogP contribution in [0.15, 0.2) is 23.3 Å². The summed E-state index contributed by atoms with van der Waals surface area (Å²) in [5.41, 5.74) is 0.931. The van der Waals surface area contributed by atoms with Gasteiger partial charge in [0.25, 0.3) is 0 Å². The van der Waals surface area contributed by atoms with E-state index < -0.39 is 0 Å². The van der Waals surface area contributed by atoms with E-state index in [1.54, 1.807) is 12.1 Å². The number of hydrogen-bond acceptors (Lipinski definition) is 5. The van der Waals surface area contributed by atoms with Crippen LogP contribution in [-0.4, -0.2) is 61.1 Å². The van der Waals surface area contributed by atoms with Crippen molar-refractivity contribution in [1.82, 2.24) is 9.91 Å². The van der Waals surface area contributed by atoms with Crippen molar-refractivity contribution < 1.29 is 9.84 Å². The lowest BCUT2D eigenvalue weighted by Crippen LogP contribution is -2.41. The van der Waals surface area contributed by atoms with E-state index in [1.165, 1.54) is 0 Å². The summed E-state index contributed by atoms with van der Waals surface area (Å²) in [5.74, 6) is 0.670. The van der Waals surface area contributed by atoms with Crippen LogP contribution in [0.3, 0.4) is 0 Å². The van der Waals surface area contributed by atoms with Gasteiger partial charge < -0.3 is 14.7 Å². The minimum absolute atomic E-state index is 0.165. The molecule has 1 aromatic carbocycles. The van der Waals surface area contributed by atoms with Crippen LogP contribution in [-0.2, 0) is 0 Å². The van der Waals surface area contributed by atoms with Crippen molar-refractivity contribution in [2.45, 2.75) is 6.92 Å². The highest BCUT2D eigenvalue weighted by Gasteiger charge is 2.10. The minimum atomic E-state index is 0.165. The fourth-order valence-corrected chi connectivity index (χ4v) is 1.94. The number of nitrogens with zero attached hydrogens (tertiary/aromatic N) is 3. The van der Waals surface area contributed by atoms with Crippen molar-refractivity contribution in [1.29, 1.82) is 0 Å². The average molecular weight is 263 g/mol. The molecule has 5 heteroatoms. The second-order valence-electron chi connectivity index (χ2n) is 4.66. The van der Waals surface area contributed by atoms with Gasteiger partial charge in [0.1, 0.15) is 0 Å². The molecule has 1 heterocycles. The normalized spacial score (nSPS) is 17.1. The zero-order valence-electron chi connectivity index (χ0n) is 11.5. The quantitative estimate of drug-likeness (QED) is 0.834. The molecule has 1 aromatic rings. The third-order valence-corrected chi connectivity index (χ3v) is 3.13. The van der Waals surface area contributed by atoms with Gasteiger partial charge in [0, 0.05) is 26.2 Å². The summed E-state index contributed by atoms with van der Waals surface area (Å²) in [6, 6.07) is 5.27. The van der Waals surface area contributed by atoms with Crippen molar-refractivity contribution in [2.75, 3.05) is 39.8 Å². The number of phenolic OH excluding ortho intramolecular Hbond substituents is 1. The predicted molar refractivity (Wildman–Crippen MR) is 75.9 cm³/mol. The van der Waals surface area contributed by atoms with E-state index in [9.17, 15) is 5.11 Å². The molecule has 1 aliphatic rings. The first-order valence-corrected chi connectivity index (χ1v) is 6.62. The number of ether oxygens (including phenoxy) is 1. The number of piperazine rings is 1. The van der Waals surface area contributed by atoms with E-state index in [2.05, 4.69) is 22.1 Å². The number of hydrogen-bond donors (Lipinski definition) is 1. The average Bonchev–Trinajstić information content (AvgIpc) is 2.42. The van der Waals surface area contributed by atoms with E-state index in [-0.39, 0.29) is 5.75 Å². The van der Waals surface area contributed by atoms with E-state index in [0.29, 0.717) is 12.4 Å². The second kappa shape index (κ2) is 6.43. The third-order valence-electron chi connectivity index (χ3n) is 3.13. The van der Waals surface area contributed by atoms with Crippen molar-refractivity contribution in [3.8, 4) is 11.5 Å². The number of phenols is 1. The molecule has 1 saturated heterocycles. The zero-order valence-corrected chi connectivity index (χ0v) is 11.5. The van der Waals surface area contributed by atoms with Crippen LogP contribution >= 0.6 is 0 Å². The Kier molecular flexibility index (Phi) is 4.63. The smallest absolute Gasteiger partial charge is 0.161 e. The van der Waals surface area contributed by atoms with E-state index >= 15 is 0 Å². The van der Waals surface area contributed by atoms with E-state index in [4.69, 9.17) is 4.74 Å². The molecule has 0 amide bonds. The highest BCUT2D eigenvalue weighted by atomic mass is 16.5. The summed E-state index contributed by atoms with van der Waals surface area (Å²) < 4.78 is 5.35. The number of rotatable bonds is 4. The van der Waals surface area contributed by atoms with Gasteiger partial charge in [0.05, 0.1) is 12.8 Å². The summed E-state index contributed by atoms with van der Waals surface area (Å²) in [4.78, 5) is 2.29. The molecule has 104 valence electrons. The summed E-state index contributed by atoms with van der Waals surface area (Å²) >= 11 is 0. The fourth-order valence-electron chi connectivity index (χ4n) is 1.94. The molecule has 5 nitrogen and oxygen atoms in total. The molecule has 0 atom stereocenters. The van der Waals surface area contributed by atoms with Crippen molar-refractivity contribution in [3.63, 3.8) is 0 Å². The van der Waals surface area contributed by atoms with Gasteiger partial charge in [-0.05, 0) is 37.7 Å². The summed E-state index contributed by atoms with van der Waals surface area (Å²) in [5, 5.41) is 16.2. The molecule has 0 aromatic heterocycles. The maximum Gasteiger partial charge on any atom is 0.161 e. The SMILES string of the molecule is CCOc1cc(/C=N/N2CCN(C)CC2)ccc1O. The maximum absolute atomic E-state index is 9.63. The second-order valence-corrected chi connectivity index (χ2v) is 4.66. The standard InChI is InChI=1S/C14H21N3O2/c1-3-19-14-10-12(4-5-13(14)18)11-15-17-8-6-16(2)7-9-17/h4-5,10-11,18H,3,6-9H2,1-2H3/b15-11+. The van der Waals surface area contributed by atoms with Gasteiger partial charge in [0.2, 0.25) is 0 Å². The highest BCUT2D eigenvalue weighted by molar-refractivity contribution is 5.80. The molecule has 0 spiro atoms. The summed E-state index contributed by atoms with van der Waals surface area (Å²) in [7, 11) is 2.12. The molecular formula is C14H21N3O2. The van der Waals surface area contributed by atoms with Crippen LogP contribution in [0.1, 0.15) is 12.5 Å². The van der Waals surface area contributed by atoms with Crippen LogP contribution in [0.5, 0.6) is 11.5 Å². The van der Waals surface area contributed by atoms with Crippen LogP contribution in [0.4, 0.5) is 0 Å². The lowest BCUT2D eigenvalue weighted by molar-refractivity contribution is 0.159. The Hall–Kier alpha value is -1.75. The third kappa shape index (κ3) is 3.86. The lowest BCUT2D eigenvalue weighted by Gasteiger charge is -2.30. The molecule has 1 aliphatic heterocycles. The van der Waals surface area contributed by atoms with Crippen molar-refractivity contribution >= 4 is 6.21 Å². The van der Waals surface area contributed by atoms with Crippen molar-refractivity contribution in [3.05, 3.63) is 23.8 Å². The first-order chi connectivity index (χ1) is 9.19. The maximum atomic E-state index is 9.63. The summed E-state index contributed by atoms with van der Waals surface area (Å²) in [6.07, 6.45) is 1.81. The van der Waals surface area contributed by atoms with E-state index in [0.717, 1.165) is 31.7 Å². The highest BCUT2D eigenvalue weighted by Crippen LogP contribution is 2.26. The molecule has 1 N–H and O–H groups in total. The van der Waals surface area contributed by atoms with Gasteiger partial charge in [-0.2, -0.15) is 5.10 Å². The fraction of sp³-hybridized carbons (Fsp3) is 0.500. The zero-order chi connectivity index (χ0) is 13.7. The molecule has 1 fully saturated rings. The number of likely N-dealkylation sites (N-methyl/N-ethyl adjacent to an activating group) is 1. The molecular weight excluding hydrogens is 242 g/mol. The monoisotopic (exact) mass is 263 g/mol. The van der Waals surface area contributed by atoms with Crippen molar-refractivity contribution in [2.24, 2.45) is 5.10 Å². The largest absolute Gasteiger partial charge is 0.504 e. The number of hydrazone groups is 1. The molecule has 0 bridgehead atoms. The van der Waals surface area contributed by atoms with E-state index in [1.807, 2.05) is 19.2 Å². The topological polar surface area (TPSA) is 48.3 Å². The first kappa shape index (κ1) is 13.7. The molecule has 2 rings (SSSR count). The predicted octanol–water partition coefficient (Wildman–Crippen LogP) is 1.37. The molecule has 0 saturated carbocycles. The first-order valence-electron chi connectivity index (χ1n) is 6.62. The van der Waals surface area contributed by atoms with Crippen LogP contribution in [0.2, 0.25) is 0 Å².